The third-order valence-electron chi connectivity index (χ3n) is 2.20. The molecule has 0 saturated heterocycles. The Labute approximate surface area is 97.6 Å². The molecule has 2 N–H and O–H groups in total. The number of ether oxygens (including phenoxy) is 1. The average Bonchev–Trinajstić information content (AvgIpc) is 2.39. The van der Waals surface area contributed by atoms with Gasteiger partial charge in [-0.15, -0.1) is 0 Å². The molecule has 2 rings (SSSR count). The minimum Gasteiger partial charge on any atom is -0.495 e. The Morgan fingerprint density at radius 2 is 2.00 bits per heavy atom. The van der Waals surface area contributed by atoms with Gasteiger partial charge in [0.15, 0.2) is 6.29 Å². The van der Waals surface area contributed by atoms with E-state index in [1.165, 1.54) is 12.4 Å². The largest absolute Gasteiger partial charge is 0.495 e. The number of hydrogen-bond acceptors (Lipinski definition) is 6. The van der Waals surface area contributed by atoms with Crippen LogP contribution >= 0.6 is 0 Å². The van der Waals surface area contributed by atoms with Crippen molar-refractivity contribution in [2.24, 2.45) is 0 Å². The van der Waals surface area contributed by atoms with Gasteiger partial charge in [0.2, 0.25) is 0 Å². The van der Waals surface area contributed by atoms with Gasteiger partial charge in [0.1, 0.15) is 12.1 Å². The Morgan fingerprint density at radius 1 is 1.18 bits per heavy atom. The summed E-state index contributed by atoms with van der Waals surface area (Å²) in [6.07, 6.45) is 2.84. The highest BCUT2D eigenvalue weighted by molar-refractivity contribution is 5.59. The van der Waals surface area contributed by atoms with E-state index in [2.05, 4.69) is 15.0 Å². The lowest BCUT2D eigenvalue weighted by Gasteiger charge is -2.06. The smallest absolute Gasteiger partial charge is 0.196 e. The Bertz CT molecular complexity index is 517. The van der Waals surface area contributed by atoms with E-state index < -0.39 is 6.29 Å². The zero-order valence-corrected chi connectivity index (χ0v) is 9.11. The summed E-state index contributed by atoms with van der Waals surface area (Å²) >= 11 is 0. The maximum Gasteiger partial charge on any atom is 0.196 e. The van der Waals surface area contributed by atoms with E-state index in [1.54, 1.807) is 25.6 Å². The van der Waals surface area contributed by atoms with Crippen molar-refractivity contribution in [1.29, 1.82) is 0 Å². The molecule has 0 fully saturated rings. The van der Waals surface area contributed by atoms with Crippen molar-refractivity contribution < 1.29 is 14.9 Å². The number of nitrogens with zero attached hydrogens (tertiary/aromatic N) is 3. The minimum atomic E-state index is -1.62. The van der Waals surface area contributed by atoms with Crippen LogP contribution in [0, 0.1) is 0 Å². The second-order valence-electron chi connectivity index (χ2n) is 3.32. The molecule has 0 amide bonds. The lowest BCUT2D eigenvalue weighted by atomic mass is 10.2. The first-order valence-electron chi connectivity index (χ1n) is 4.88. The molecule has 0 unspecified atom stereocenters. The average molecular weight is 233 g/mol. The van der Waals surface area contributed by atoms with Crippen LogP contribution in [0.15, 0.2) is 30.9 Å². The number of methoxy groups -OCH3 is 1. The number of rotatable bonds is 3. The number of aliphatic hydroxyl groups excluding tert-OH is 1. The van der Waals surface area contributed by atoms with Crippen molar-refractivity contribution in [2.45, 2.75) is 6.29 Å². The van der Waals surface area contributed by atoms with Crippen molar-refractivity contribution in [3.8, 4) is 17.0 Å². The molecule has 2 heterocycles. The molecule has 0 aliphatic carbocycles. The predicted octanol–water partition coefficient (Wildman–Crippen LogP) is 0.530. The maximum absolute atomic E-state index is 9.02. The van der Waals surface area contributed by atoms with E-state index in [0.717, 1.165) is 0 Å². The zero-order valence-electron chi connectivity index (χ0n) is 9.11. The molecule has 0 aromatic carbocycles. The quantitative estimate of drug-likeness (QED) is 0.752. The molecule has 0 atom stereocenters. The van der Waals surface area contributed by atoms with Gasteiger partial charge in [-0.1, -0.05) is 0 Å². The summed E-state index contributed by atoms with van der Waals surface area (Å²) in [5.41, 5.74) is 1.40. The maximum atomic E-state index is 9.02. The van der Waals surface area contributed by atoms with E-state index in [9.17, 15) is 0 Å². The highest BCUT2D eigenvalue weighted by Crippen LogP contribution is 2.21. The van der Waals surface area contributed by atoms with Crippen molar-refractivity contribution >= 4 is 0 Å². The normalized spacial score (nSPS) is 10.6. The number of pyridine rings is 1. The lowest BCUT2D eigenvalue weighted by Crippen LogP contribution is -2.00. The summed E-state index contributed by atoms with van der Waals surface area (Å²) in [6, 6.07) is 3.24. The predicted molar refractivity (Wildman–Crippen MR) is 59.0 cm³/mol. The Kier molecular flexibility index (Phi) is 3.27. The molecular formula is C11H11N3O3. The van der Waals surface area contributed by atoms with Crippen LogP contribution in [-0.2, 0) is 0 Å². The van der Waals surface area contributed by atoms with Gasteiger partial charge >= 0.3 is 0 Å². The summed E-state index contributed by atoms with van der Waals surface area (Å²) in [7, 11) is 1.55. The van der Waals surface area contributed by atoms with Gasteiger partial charge in [0.25, 0.3) is 0 Å². The second-order valence-corrected chi connectivity index (χ2v) is 3.32. The highest BCUT2D eigenvalue weighted by Gasteiger charge is 2.08. The summed E-state index contributed by atoms with van der Waals surface area (Å²) in [5.74, 6) is 0.604. The van der Waals surface area contributed by atoms with Crippen molar-refractivity contribution in [3.05, 3.63) is 36.5 Å². The summed E-state index contributed by atoms with van der Waals surface area (Å²) in [6.45, 7) is 0. The van der Waals surface area contributed by atoms with Crippen molar-refractivity contribution in [1.82, 2.24) is 15.0 Å². The summed E-state index contributed by atoms with van der Waals surface area (Å²) in [4.78, 5) is 11.8. The number of aliphatic hydroxyl groups is 2. The first-order valence-corrected chi connectivity index (χ1v) is 4.88. The Balaban J connectivity index is 2.41. The third kappa shape index (κ3) is 2.55. The van der Waals surface area contributed by atoms with Crippen LogP contribution in [0.25, 0.3) is 11.3 Å². The fraction of sp³-hybridized carbons (Fsp3) is 0.182. The molecule has 0 spiro atoms. The van der Waals surface area contributed by atoms with Gasteiger partial charge in [-0.25, -0.2) is 9.97 Å². The molecule has 0 radical (unpaired) electrons. The molecule has 17 heavy (non-hydrogen) atoms. The van der Waals surface area contributed by atoms with Crippen LogP contribution in [0.4, 0.5) is 0 Å². The van der Waals surface area contributed by atoms with Gasteiger partial charge in [-0.2, -0.15) is 0 Å². The van der Waals surface area contributed by atoms with Crippen LogP contribution in [0.1, 0.15) is 12.0 Å². The second kappa shape index (κ2) is 4.86. The van der Waals surface area contributed by atoms with E-state index in [4.69, 9.17) is 14.9 Å². The van der Waals surface area contributed by atoms with Crippen LogP contribution in [0.3, 0.4) is 0 Å². The van der Waals surface area contributed by atoms with E-state index in [0.29, 0.717) is 17.0 Å². The lowest BCUT2D eigenvalue weighted by molar-refractivity contribution is -0.0458. The van der Waals surface area contributed by atoms with Crippen LogP contribution in [0.2, 0.25) is 0 Å². The summed E-state index contributed by atoms with van der Waals surface area (Å²) < 4.78 is 5.05. The van der Waals surface area contributed by atoms with E-state index >= 15 is 0 Å². The van der Waals surface area contributed by atoms with Gasteiger partial charge in [0, 0.05) is 11.8 Å². The molecule has 6 heteroatoms. The molecule has 0 bridgehead atoms. The molecule has 0 aliphatic heterocycles. The standard InChI is InChI=1S/C11H11N3O3/c1-17-8-2-7(4-12-5-8)9-3-10(11(15)16)14-6-13-9/h2-6,11,15-16H,1H3. The Morgan fingerprint density at radius 3 is 2.71 bits per heavy atom. The number of aromatic nitrogens is 3. The summed E-state index contributed by atoms with van der Waals surface area (Å²) in [5, 5.41) is 18.0. The third-order valence-corrected chi connectivity index (χ3v) is 2.20. The van der Waals surface area contributed by atoms with E-state index in [1.807, 2.05) is 0 Å². The molecule has 0 saturated carbocycles. The first-order chi connectivity index (χ1) is 8.20. The molecule has 2 aromatic rings. The molecular weight excluding hydrogens is 222 g/mol. The SMILES string of the molecule is COc1cncc(-c2cc(C(O)O)ncn2)c1. The van der Waals surface area contributed by atoms with Crippen molar-refractivity contribution in [3.63, 3.8) is 0 Å². The van der Waals surface area contributed by atoms with Gasteiger partial charge < -0.3 is 14.9 Å². The highest BCUT2D eigenvalue weighted by atomic mass is 16.5. The monoisotopic (exact) mass is 233 g/mol. The first kappa shape index (κ1) is 11.4. The van der Waals surface area contributed by atoms with E-state index in [-0.39, 0.29) is 5.69 Å². The Hall–Kier alpha value is -2.05. The van der Waals surface area contributed by atoms with Gasteiger partial charge in [-0.05, 0) is 12.1 Å². The van der Waals surface area contributed by atoms with Crippen LogP contribution < -0.4 is 4.74 Å². The molecule has 88 valence electrons. The number of hydrogen-bond donors (Lipinski definition) is 2. The van der Waals surface area contributed by atoms with Crippen LogP contribution in [0.5, 0.6) is 5.75 Å². The topological polar surface area (TPSA) is 88.4 Å². The van der Waals surface area contributed by atoms with Crippen LogP contribution in [-0.4, -0.2) is 32.3 Å². The fourth-order valence-corrected chi connectivity index (χ4v) is 1.34. The molecule has 0 aliphatic rings. The van der Waals surface area contributed by atoms with Gasteiger partial charge in [-0.3, -0.25) is 4.98 Å². The molecule has 6 nitrogen and oxygen atoms in total. The van der Waals surface area contributed by atoms with Gasteiger partial charge in [0.05, 0.1) is 24.7 Å². The molecule has 2 aromatic heterocycles. The zero-order chi connectivity index (χ0) is 12.3. The fourth-order valence-electron chi connectivity index (χ4n) is 1.34. The van der Waals surface area contributed by atoms with Crippen molar-refractivity contribution in [2.75, 3.05) is 7.11 Å². The minimum absolute atomic E-state index is 0.137.